The summed E-state index contributed by atoms with van der Waals surface area (Å²) >= 11 is 0. The molecule has 0 aromatic heterocycles. The van der Waals surface area contributed by atoms with Crippen LogP contribution in [0.3, 0.4) is 0 Å². The highest BCUT2D eigenvalue weighted by Gasteiger charge is 2.27. The molecular weight excluding hydrogens is 254 g/mol. The highest BCUT2D eigenvalue weighted by molar-refractivity contribution is 5.81. The number of morpholine rings is 1. The van der Waals surface area contributed by atoms with E-state index in [1.807, 2.05) is 4.90 Å². The lowest BCUT2D eigenvalue weighted by Gasteiger charge is -2.36. The third-order valence-corrected chi connectivity index (χ3v) is 4.28. The fraction of sp³-hybridized carbons (Fsp3) is 0.800. The fourth-order valence-corrected chi connectivity index (χ4v) is 3.00. The van der Waals surface area contributed by atoms with Crippen molar-refractivity contribution in [2.24, 2.45) is 11.7 Å². The van der Waals surface area contributed by atoms with Crippen molar-refractivity contribution in [3.05, 3.63) is 12.7 Å². The molecule has 0 saturated carbocycles. The molecule has 2 saturated heterocycles. The Bertz CT molecular complexity index is 321. The van der Waals surface area contributed by atoms with Crippen LogP contribution in [0.25, 0.3) is 0 Å². The highest BCUT2D eigenvalue weighted by Crippen LogP contribution is 2.19. The van der Waals surface area contributed by atoms with E-state index in [0.717, 1.165) is 58.8 Å². The molecule has 0 spiro atoms. The number of carbonyl (C=O) groups excluding carboxylic acids is 1. The predicted octanol–water partition coefficient (Wildman–Crippen LogP) is 0.461. The van der Waals surface area contributed by atoms with Crippen molar-refractivity contribution in [3.8, 4) is 0 Å². The van der Waals surface area contributed by atoms with Gasteiger partial charge in [-0.1, -0.05) is 6.08 Å². The SMILES string of the molecule is C=CCC(N)C(=O)N1CCC(CN2CCOCC2)CC1. The number of amides is 1. The first-order chi connectivity index (χ1) is 9.70. The summed E-state index contributed by atoms with van der Waals surface area (Å²) in [5, 5.41) is 0. The van der Waals surface area contributed by atoms with Crippen LogP contribution in [0.1, 0.15) is 19.3 Å². The number of carbonyl (C=O) groups is 1. The lowest BCUT2D eigenvalue weighted by Crippen LogP contribution is -2.48. The normalized spacial score (nSPS) is 23.6. The summed E-state index contributed by atoms with van der Waals surface area (Å²) in [5.74, 6) is 0.780. The topological polar surface area (TPSA) is 58.8 Å². The maximum atomic E-state index is 12.1. The summed E-state index contributed by atoms with van der Waals surface area (Å²) in [5.41, 5.74) is 5.86. The molecule has 0 aromatic rings. The lowest BCUT2D eigenvalue weighted by molar-refractivity contribution is -0.134. The van der Waals surface area contributed by atoms with Crippen LogP contribution < -0.4 is 5.73 Å². The lowest BCUT2D eigenvalue weighted by atomic mass is 9.95. The van der Waals surface area contributed by atoms with Crippen LogP contribution in [0.15, 0.2) is 12.7 Å². The summed E-state index contributed by atoms with van der Waals surface area (Å²) in [6.45, 7) is 10.3. The quantitative estimate of drug-likeness (QED) is 0.744. The fourth-order valence-electron chi connectivity index (χ4n) is 3.00. The first-order valence-electron chi connectivity index (χ1n) is 7.66. The predicted molar refractivity (Wildman–Crippen MR) is 79.4 cm³/mol. The maximum Gasteiger partial charge on any atom is 0.239 e. The zero-order valence-electron chi connectivity index (χ0n) is 12.3. The van der Waals surface area contributed by atoms with Crippen LogP contribution >= 0.6 is 0 Å². The third kappa shape index (κ3) is 4.30. The van der Waals surface area contributed by atoms with Gasteiger partial charge in [0.05, 0.1) is 19.3 Å². The van der Waals surface area contributed by atoms with Crippen molar-refractivity contribution in [1.82, 2.24) is 9.80 Å². The highest BCUT2D eigenvalue weighted by atomic mass is 16.5. The van der Waals surface area contributed by atoms with Gasteiger partial charge < -0.3 is 15.4 Å². The minimum absolute atomic E-state index is 0.0784. The third-order valence-electron chi connectivity index (χ3n) is 4.28. The van der Waals surface area contributed by atoms with Gasteiger partial charge in [0.15, 0.2) is 0 Å². The van der Waals surface area contributed by atoms with Crippen molar-refractivity contribution in [3.63, 3.8) is 0 Å². The van der Waals surface area contributed by atoms with E-state index in [4.69, 9.17) is 10.5 Å². The maximum absolute atomic E-state index is 12.1. The Balaban J connectivity index is 1.71. The van der Waals surface area contributed by atoms with Crippen LogP contribution in [0.4, 0.5) is 0 Å². The zero-order valence-corrected chi connectivity index (χ0v) is 12.3. The zero-order chi connectivity index (χ0) is 14.4. The summed E-state index contributed by atoms with van der Waals surface area (Å²) in [7, 11) is 0. The van der Waals surface area contributed by atoms with Crippen LogP contribution in [0.2, 0.25) is 0 Å². The molecule has 2 aliphatic rings. The molecule has 1 amide bonds. The van der Waals surface area contributed by atoms with E-state index in [9.17, 15) is 4.79 Å². The molecule has 2 fully saturated rings. The molecule has 1 unspecified atom stereocenters. The van der Waals surface area contributed by atoms with E-state index in [0.29, 0.717) is 12.3 Å². The summed E-state index contributed by atoms with van der Waals surface area (Å²) in [4.78, 5) is 16.5. The van der Waals surface area contributed by atoms with Gasteiger partial charge in [-0.2, -0.15) is 0 Å². The Kier molecular flexibility index (Phi) is 6.01. The number of hydrogen-bond acceptors (Lipinski definition) is 4. The molecule has 0 bridgehead atoms. The van der Waals surface area contributed by atoms with Crippen molar-refractivity contribution >= 4 is 5.91 Å². The minimum Gasteiger partial charge on any atom is -0.379 e. The molecule has 2 heterocycles. The molecule has 5 nitrogen and oxygen atoms in total. The average molecular weight is 281 g/mol. The molecule has 5 heteroatoms. The van der Waals surface area contributed by atoms with Gasteiger partial charge in [-0.05, 0) is 25.2 Å². The molecule has 0 aromatic carbocycles. The average Bonchev–Trinajstić information content (AvgIpc) is 2.48. The Hall–Kier alpha value is -0.910. The molecule has 114 valence electrons. The van der Waals surface area contributed by atoms with Gasteiger partial charge in [-0.15, -0.1) is 6.58 Å². The van der Waals surface area contributed by atoms with E-state index >= 15 is 0 Å². The largest absolute Gasteiger partial charge is 0.379 e. The van der Waals surface area contributed by atoms with Gasteiger partial charge in [0, 0.05) is 32.7 Å². The first-order valence-corrected chi connectivity index (χ1v) is 7.66. The second-order valence-corrected chi connectivity index (χ2v) is 5.81. The van der Waals surface area contributed by atoms with E-state index in [-0.39, 0.29) is 5.91 Å². The van der Waals surface area contributed by atoms with Crippen LogP contribution in [0.5, 0.6) is 0 Å². The van der Waals surface area contributed by atoms with Crippen LogP contribution in [-0.2, 0) is 9.53 Å². The number of rotatable bonds is 5. The molecule has 2 aliphatic heterocycles. The van der Waals surface area contributed by atoms with Gasteiger partial charge in [-0.25, -0.2) is 0 Å². The molecular formula is C15H27N3O2. The van der Waals surface area contributed by atoms with Crippen molar-refractivity contribution in [2.75, 3.05) is 45.9 Å². The summed E-state index contributed by atoms with van der Waals surface area (Å²) in [6.07, 6.45) is 4.45. The number of ether oxygens (including phenoxy) is 1. The van der Waals surface area contributed by atoms with E-state index in [2.05, 4.69) is 11.5 Å². The Morgan fingerprint density at radius 2 is 1.95 bits per heavy atom. The second-order valence-electron chi connectivity index (χ2n) is 5.81. The number of nitrogens with two attached hydrogens (primary N) is 1. The number of likely N-dealkylation sites (tertiary alicyclic amines) is 1. The summed E-state index contributed by atoms with van der Waals surface area (Å²) in [6, 6.07) is -0.414. The molecule has 2 rings (SSSR count). The minimum atomic E-state index is -0.414. The molecule has 1 atom stereocenters. The first kappa shape index (κ1) is 15.5. The van der Waals surface area contributed by atoms with Gasteiger partial charge >= 0.3 is 0 Å². The number of nitrogens with zero attached hydrogens (tertiary/aromatic N) is 2. The number of piperidine rings is 1. The Morgan fingerprint density at radius 1 is 1.30 bits per heavy atom. The molecule has 2 N–H and O–H groups in total. The smallest absolute Gasteiger partial charge is 0.239 e. The van der Waals surface area contributed by atoms with E-state index < -0.39 is 6.04 Å². The second kappa shape index (κ2) is 7.76. The molecule has 0 radical (unpaired) electrons. The monoisotopic (exact) mass is 281 g/mol. The van der Waals surface area contributed by atoms with Crippen molar-refractivity contribution < 1.29 is 9.53 Å². The standard InChI is InChI=1S/C15H27N3O2/c1-2-3-14(16)15(19)18-6-4-13(5-7-18)12-17-8-10-20-11-9-17/h2,13-14H,1,3-12,16H2. The van der Waals surface area contributed by atoms with Gasteiger partial charge in [0.1, 0.15) is 0 Å². The van der Waals surface area contributed by atoms with E-state index in [1.165, 1.54) is 0 Å². The van der Waals surface area contributed by atoms with Crippen LogP contribution in [-0.4, -0.2) is 67.7 Å². The van der Waals surface area contributed by atoms with Crippen LogP contribution in [0, 0.1) is 5.92 Å². The van der Waals surface area contributed by atoms with Gasteiger partial charge in [0.25, 0.3) is 0 Å². The Morgan fingerprint density at radius 3 is 2.55 bits per heavy atom. The van der Waals surface area contributed by atoms with Gasteiger partial charge in [0.2, 0.25) is 5.91 Å². The summed E-state index contributed by atoms with van der Waals surface area (Å²) < 4.78 is 5.37. The number of hydrogen-bond donors (Lipinski definition) is 1. The van der Waals surface area contributed by atoms with E-state index in [1.54, 1.807) is 6.08 Å². The molecule has 0 aliphatic carbocycles. The Labute approximate surface area is 121 Å². The van der Waals surface area contributed by atoms with Crippen molar-refractivity contribution in [1.29, 1.82) is 0 Å². The van der Waals surface area contributed by atoms with Crippen molar-refractivity contribution in [2.45, 2.75) is 25.3 Å². The van der Waals surface area contributed by atoms with Gasteiger partial charge in [-0.3, -0.25) is 9.69 Å². The molecule has 20 heavy (non-hydrogen) atoms.